The van der Waals surface area contributed by atoms with E-state index in [4.69, 9.17) is 17.3 Å². The monoisotopic (exact) mass is 201 g/mol. The number of hydrogen-bond donors (Lipinski definition) is 1. The molecule has 0 amide bonds. The average Bonchev–Trinajstić information content (AvgIpc) is 2.13. The summed E-state index contributed by atoms with van der Waals surface area (Å²) in [5.41, 5.74) is 6.31. The average molecular weight is 202 g/mol. The summed E-state index contributed by atoms with van der Waals surface area (Å²) in [4.78, 5) is 0. The van der Waals surface area contributed by atoms with Crippen molar-refractivity contribution in [1.82, 2.24) is 0 Å². The Kier molecular flexibility index (Phi) is 3.70. The summed E-state index contributed by atoms with van der Waals surface area (Å²) < 4.78 is 13.3. The van der Waals surface area contributed by atoms with E-state index in [-0.39, 0.29) is 16.9 Å². The topological polar surface area (TPSA) is 26.0 Å². The van der Waals surface area contributed by atoms with Crippen LogP contribution in [-0.4, -0.2) is 6.04 Å². The van der Waals surface area contributed by atoms with Crippen molar-refractivity contribution >= 4 is 11.6 Å². The third-order valence-electron chi connectivity index (χ3n) is 2.04. The standard InChI is InChI=1S/C10H13ClFN/c1-2-8(13)6-7-4-3-5-9(11)10(7)12/h3-5,8H,2,6,13H2,1H3/t8-/m0/s1. The Bertz CT molecular complexity index is 288. The predicted octanol–water partition coefficient (Wildman–Crippen LogP) is 2.76. The highest BCUT2D eigenvalue weighted by atomic mass is 35.5. The zero-order valence-electron chi connectivity index (χ0n) is 7.56. The molecular weight excluding hydrogens is 189 g/mol. The van der Waals surface area contributed by atoms with Gasteiger partial charge in [0.05, 0.1) is 5.02 Å². The van der Waals surface area contributed by atoms with Crippen molar-refractivity contribution in [1.29, 1.82) is 0 Å². The molecule has 0 aliphatic heterocycles. The van der Waals surface area contributed by atoms with E-state index in [2.05, 4.69) is 0 Å². The number of benzene rings is 1. The Morgan fingerprint density at radius 2 is 2.23 bits per heavy atom. The molecule has 0 aromatic heterocycles. The van der Waals surface area contributed by atoms with Crippen LogP contribution in [0.1, 0.15) is 18.9 Å². The molecule has 0 fully saturated rings. The first-order valence-corrected chi connectivity index (χ1v) is 4.71. The van der Waals surface area contributed by atoms with Crippen molar-refractivity contribution in [2.75, 3.05) is 0 Å². The quantitative estimate of drug-likeness (QED) is 0.800. The van der Waals surface area contributed by atoms with Crippen LogP contribution in [-0.2, 0) is 6.42 Å². The molecule has 3 heteroatoms. The van der Waals surface area contributed by atoms with E-state index in [0.29, 0.717) is 12.0 Å². The first-order chi connectivity index (χ1) is 6.15. The van der Waals surface area contributed by atoms with Gasteiger partial charge in [-0.25, -0.2) is 4.39 Å². The molecule has 1 aromatic carbocycles. The van der Waals surface area contributed by atoms with E-state index >= 15 is 0 Å². The molecule has 0 unspecified atom stereocenters. The van der Waals surface area contributed by atoms with Crippen molar-refractivity contribution in [2.24, 2.45) is 5.73 Å². The van der Waals surface area contributed by atoms with E-state index in [9.17, 15) is 4.39 Å². The second-order valence-electron chi connectivity index (χ2n) is 3.09. The molecule has 1 atom stereocenters. The number of hydrogen-bond acceptors (Lipinski definition) is 1. The maximum Gasteiger partial charge on any atom is 0.145 e. The molecule has 13 heavy (non-hydrogen) atoms. The van der Waals surface area contributed by atoms with Crippen molar-refractivity contribution in [2.45, 2.75) is 25.8 Å². The third kappa shape index (κ3) is 2.68. The number of halogens is 2. The third-order valence-corrected chi connectivity index (χ3v) is 2.33. The summed E-state index contributed by atoms with van der Waals surface area (Å²) in [5, 5.41) is 0.167. The summed E-state index contributed by atoms with van der Waals surface area (Å²) in [6.07, 6.45) is 1.38. The lowest BCUT2D eigenvalue weighted by molar-refractivity contribution is 0.579. The van der Waals surface area contributed by atoms with Gasteiger partial charge in [-0.05, 0) is 24.5 Å². The second kappa shape index (κ2) is 4.58. The summed E-state index contributed by atoms with van der Waals surface area (Å²) >= 11 is 5.62. The minimum Gasteiger partial charge on any atom is -0.327 e. The lowest BCUT2D eigenvalue weighted by Crippen LogP contribution is -2.21. The molecule has 1 rings (SSSR count). The summed E-state index contributed by atoms with van der Waals surface area (Å²) in [5.74, 6) is -0.340. The molecule has 0 aliphatic carbocycles. The molecule has 0 saturated carbocycles. The van der Waals surface area contributed by atoms with Gasteiger partial charge in [0.2, 0.25) is 0 Å². The highest BCUT2D eigenvalue weighted by Crippen LogP contribution is 2.18. The largest absolute Gasteiger partial charge is 0.327 e. The Morgan fingerprint density at radius 3 is 2.85 bits per heavy atom. The van der Waals surface area contributed by atoms with Crippen LogP contribution in [0.15, 0.2) is 18.2 Å². The smallest absolute Gasteiger partial charge is 0.145 e. The van der Waals surface area contributed by atoms with Crippen molar-refractivity contribution in [3.8, 4) is 0 Å². The van der Waals surface area contributed by atoms with Gasteiger partial charge < -0.3 is 5.73 Å². The van der Waals surface area contributed by atoms with Crippen LogP contribution in [0.5, 0.6) is 0 Å². The van der Waals surface area contributed by atoms with Crippen LogP contribution in [0.3, 0.4) is 0 Å². The van der Waals surface area contributed by atoms with Crippen LogP contribution >= 0.6 is 11.6 Å². The van der Waals surface area contributed by atoms with Crippen LogP contribution in [0, 0.1) is 5.82 Å². The lowest BCUT2D eigenvalue weighted by Gasteiger charge is -2.09. The zero-order valence-corrected chi connectivity index (χ0v) is 8.31. The summed E-state index contributed by atoms with van der Waals surface area (Å²) in [6, 6.07) is 5.01. The Labute approximate surface area is 82.7 Å². The first-order valence-electron chi connectivity index (χ1n) is 4.33. The molecule has 2 N–H and O–H groups in total. The Morgan fingerprint density at radius 1 is 1.54 bits per heavy atom. The second-order valence-corrected chi connectivity index (χ2v) is 3.49. The van der Waals surface area contributed by atoms with E-state index in [1.165, 1.54) is 6.07 Å². The van der Waals surface area contributed by atoms with Gasteiger partial charge in [0.25, 0.3) is 0 Å². The van der Waals surface area contributed by atoms with Gasteiger partial charge in [-0.15, -0.1) is 0 Å². The van der Waals surface area contributed by atoms with Crippen LogP contribution in [0.4, 0.5) is 4.39 Å². The molecular formula is C10H13ClFN. The number of rotatable bonds is 3. The molecule has 0 bridgehead atoms. The minimum atomic E-state index is -0.340. The summed E-state index contributed by atoms with van der Waals surface area (Å²) in [7, 11) is 0. The normalized spacial score (nSPS) is 12.9. The predicted molar refractivity (Wildman–Crippen MR) is 53.4 cm³/mol. The van der Waals surface area contributed by atoms with Gasteiger partial charge in [0, 0.05) is 6.04 Å². The lowest BCUT2D eigenvalue weighted by atomic mass is 10.0. The van der Waals surface area contributed by atoms with Gasteiger partial charge in [-0.1, -0.05) is 30.7 Å². The van der Waals surface area contributed by atoms with E-state index in [0.717, 1.165) is 6.42 Å². The molecule has 0 radical (unpaired) electrons. The van der Waals surface area contributed by atoms with Crippen LogP contribution in [0.2, 0.25) is 5.02 Å². The first kappa shape index (κ1) is 10.5. The molecule has 1 aromatic rings. The maximum atomic E-state index is 13.3. The molecule has 0 heterocycles. The van der Waals surface area contributed by atoms with Gasteiger partial charge in [0.1, 0.15) is 5.82 Å². The number of nitrogens with two attached hydrogens (primary N) is 1. The van der Waals surface area contributed by atoms with E-state index in [1.54, 1.807) is 12.1 Å². The van der Waals surface area contributed by atoms with Crippen molar-refractivity contribution in [3.05, 3.63) is 34.6 Å². The van der Waals surface area contributed by atoms with Gasteiger partial charge in [0.15, 0.2) is 0 Å². The molecule has 0 aliphatic rings. The van der Waals surface area contributed by atoms with Crippen molar-refractivity contribution in [3.63, 3.8) is 0 Å². The summed E-state index contributed by atoms with van der Waals surface area (Å²) in [6.45, 7) is 1.98. The molecule has 72 valence electrons. The SMILES string of the molecule is CC[C@H](N)Cc1cccc(Cl)c1F. The fraction of sp³-hybridized carbons (Fsp3) is 0.400. The van der Waals surface area contributed by atoms with Crippen LogP contribution < -0.4 is 5.73 Å². The van der Waals surface area contributed by atoms with Gasteiger partial charge >= 0.3 is 0 Å². The fourth-order valence-corrected chi connectivity index (χ4v) is 1.33. The maximum absolute atomic E-state index is 13.3. The minimum absolute atomic E-state index is 0.00738. The van der Waals surface area contributed by atoms with Crippen LogP contribution in [0.25, 0.3) is 0 Å². The van der Waals surface area contributed by atoms with E-state index in [1.807, 2.05) is 6.92 Å². The Hall–Kier alpha value is -0.600. The molecule has 0 saturated heterocycles. The molecule has 0 spiro atoms. The van der Waals surface area contributed by atoms with Gasteiger partial charge in [-0.2, -0.15) is 0 Å². The zero-order chi connectivity index (χ0) is 9.84. The highest BCUT2D eigenvalue weighted by Gasteiger charge is 2.08. The van der Waals surface area contributed by atoms with E-state index < -0.39 is 0 Å². The molecule has 1 nitrogen and oxygen atoms in total. The fourth-order valence-electron chi connectivity index (χ4n) is 1.13. The Balaban J connectivity index is 2.83. The van der Waals surface area contributed by atoms with Gasteiger partial charge in [-0.3, -0.25) is 0 Å². The van der Waals surface area contributed by atoms with Crippen molar-refractivity contribution < 1.29 is 4.39 Å². The highest BCUT2D eigenvalue weighted by molar-refractivity contribution is 6.30.